The van der Waals surface area contributed by atoms with Gasteiger partial charge in [-0.05, 0) is 37.3 Å². The molecule has 27 heavy (non-hydrogen) atoms. The van der Waals surface area contributed by atoms with Crippen molar-refractivity contribution >= 4 is 23.2 Å². The Hall–Kier alpha value is -1.86. The molecule has 3 heterocycles. The zero-order valence-electron chi connectivity index (χ0n) is 15.0. The maximum Gasteiger partial charge on any atom is 1.00 e. The van der Waals surface area contributed by atoms with Crippen LogP contribution in [0.25, 0.3) is 0 Å². The number of thioether (sulfide) groups is 1. The second-order valence-electron chi connectivity index (χ2n) is 5.98. The van der Waals surface area contributed by atoms with Crippen LogP contribution < -0.4 is 40.3 Å². The Morgan fingerprint density at radius 2 is 1.96 bits per heavy atom. The summed E-state index contributed by atoms with van der Waals surface area (Å²) in [6, 6.07) is 14.7. The molecule has 5 nitrogen and oxygen atoms in total. The van der Waals surface area contributed by atoms with Gasteiger partial charge in [0.2, 0.25) is 0 Å². The van der Waals surface area contributed by atoms with Crippen LogP contribution in [0.1, 0.15) is 17.0 Å². The van der Waals surface area contributed by atoms with Crippen molar-refractivity contribution in [2.24, 2.45) is 4.99 Å². The molecule has 0 saturated carbocycles. The van der Waals surface area contributed by atoms with Crippen molar-refractivity contribution in [3.63, 3.8) is 0 Å². The first-order valence-electron chi connectivity index (χ1n) is 8.18. The van der Waals surface area contributed by atoms with E-state index >= 15 is 0 Å². The molecule has 4 rings (SSSR count). The van der Waals surface area contributed by atoms with Crippen LogP contribution in [0.15, 0.2) is 73.8 Å². The predicted molar refractivity (Wildman–Crippen MR) is 99.4 cm³/mol. The number of fused-ring (bicyclic) bond motifs is 1. The van der Waals surface area contributed by atoms with Crippen molar-refractivity contribution in [3.8, 4) is 5.75 Å². The Morgan fingerprint density at radius 1 is 1.19 bits per heavy atom. The Balaban J connectivity index is 0.00000210. The molecule has 1 unspecified atom stereocenters. The summed E-state index contributed by atoms with van der Waals surface area (Å²) < 4.78 is 5.17. The molecule has 0 radical (unpaired) electrons. The number of rotatable bonds is 3. The van der Waals surface area contributed by atoms with Gasteiger partial charge in [-0.15, -0.1) is 11.8 Å². The predicted octanol–water partition coefficient (Wildman–Crippen LogP) is 0.259. The van der Waals surface area contributed by atoms with Crippen molar-refractivity contribution in [1.82, 2.24) is 4.98 Å². The van der Waals surface area contributed by atoms with Gasteiger partial charge in [-0.3, -0.25) is 9.98 Å². The van der Waals surface area contributed by atoms with E-state index in [9.17, 15) is 9.90 Å². The quantitative estimate of drug-likeness (QED) is 0.604. The minimum atomic E-state index is -0.639. The van der Waals surface area contributed by atoms with Gasteiger partial charge >= 0.3 is 35.2 Å². The van der Waals surface area contributed by atoms with Crippen LogP contribution in [0.4, 0.5) is 5.69 Å². The van der Waals surface area contributed by atoms with Gasteiger partial charge < -0.3 is 9.52 Å². The third kappa shape index (κ3) is 4.19. The fourth-order valence-electron chi connectivity index (χ4n) is 2.94. The number of nitrogens with zero attached hydrogens (tertiary/aromatic N) is 2. The normalized spacial score (nSPS) is 15.4. The van der Waals surface area contributed by atoms with Gasteiger partial charge in [0.1, 0.15) is 5.76 Å². The standard InChI is InChI=1S/C20H16N2O3S.Na/c1-12-10-15(23)18(20(24)25-12)19-17(11-13-6-4-5-9-21-13)26-16-8-3-2-7-14(16)22-19;/h2-10,17,23H,11H2,1H3;/q;+1/p-1. The molecule has 0 fully saturated rings. The van der Waals surface area contributed by atoms with Crippen LogP contribution in [0, 0.1) is 6.92 Å². The Labute approximate surface area is 182 Å². The van der Waals surface area contributed by atoms with Crippen molar-refractivity contribution in [1.29, 1.82) is 0 Å². The molecule has 1 aliphatic heterocycles. The molecule has 7 heteroatoms. The molecule has 1 aromatic carbocycles. The van der Waals surface area contributed by atoms with Gasteiger partial charge in [-0.25, -0.2) is 4.79 Å². The van der Waals surface area contributed by atoms with E-state index in [-0.39, 0.29) is 46.1 Å². The summed E-state index contributed by atoms with van der Waals surface area (Å²) in [5.74, 6) is -0.0574. The summed E-state index contributed by atoms with van der Waals surface area (Å²) in [4.78, 5) is 22.4. The summed E-state index contributed by atoms with van der Waals surface area (Å²) in [7, 11) is 0. The second-order valence-corrected chi connectivity index (χ2v) is 7.22. The topological polar surface area (TPSA) is 78.5 Å². The van der Waals surface area contributed by atoms with E-state index in [0.717, 1.165) is 16.3 Å². The molecule has 0 saturated heterocycles. The molecule has 2 aromatic heterocycles. The van der Waals surface area contributed by atoms with E-state index in [1.807, 2.05) is 42.5 Å². The van der Waals surface area contributed by atoms with Crippen LogP contribution in [0.2, 0.25) is 0 Å². The van der Waals surface area contributed by atoms with Gasteiger partial charge in [0.25, 0.3) is 0 Å². The third-order valence-electron chi connectivity index (χ3n) is 4.10. The smallest absolute Gasteiger partial charge is 0.872 e. The Bertz CT molecular complexity index is 1050. The van der Waals surface area contributed by atoms with Crippen molar-refractivity contribution in [2.75, 3.05) is 0 Å². The van der Waals surface area contributed by atoms with Crippen LogP contribution in [0.5, 0.6) is 5.75 Å². The molecule has 3 aromatic rings. The number of benzene rings is 1. The summed E-state index contributed by atoms with van der Waals surface area (Å²) in [6.07, 6.45) is 2.29. The zero-order valence-corrected chi connectivity index (χ0v) is 17.8. The van der Waals surface area contributed by atoms with Gasteiger partial charge in [0, 0.05) is 23.2 Å². The van der Waals surface area contributed by atoms with Crippen LogP contribution in [-0.2, 0) is 6.42 Å². The molecule has 0 amide bonds. The molecule has 0 N–H and O–H groups in total. The van der Waals surface area contributed by atoms with Crippen LogP contribution >= 0.6 is 11.8 Å². The number of aryl methyl sites for hydroxylation is 1. The molecule has 1 aliphatic rings. The monoisotopic (exact) mass is 386 g/mol. The molecular weight excluding hydrogens is 371 g/mol. The molecule has 130 valence electrons. The van der Waals surface area contributed by atoms with E-state index in [4.69, 9.17) is 4.42 Å². The minimum Gasteiger partial charge on any atom is -0.872 e. The zero-order chi connectivity index (χ0) is 18.1. The molecule has 0 spiro atoms. The summed E-state index contributed by atoms with van der Waals surface area (Å²) in [5.41, 5.74) is 1.46. The first-order valence-corrected chi connectivity index (χ1v) is 9.06. The van der Waals surface area contributed by atoms with Gasteiger partial charge in [-0.2, -0.15) is 0 Å². The number of aromatic nitrogens is 1. The summed E-state index contributed by atoms with van der Waals surface area (Å²) in [5, 5.41) is 12.3. The number of aliphatic imine (C=N–C) groups is 1. The average Bonchev–Trinajstić information content (AvgIpc) is 2.62. The Morgan fingerprint density at radius 3 is 2.70 bits per heavy atom. The van der Waals surface area contributed by atoms with E-state index in [0.29, 0.717) is 17.9 Å². The van der Waals surface area contributed by atoms with E-state index in [1.54, 1.807) is 24.9 Å². The van der Waals surface area contributed by atoms with Crippen molar-refractivity contribution < 1.29 is 39.1 Å². The summed E-state index contributed by atoms with van der Waals surface area (Å²) >= 11 is 1.59. The van der Waals surface area contributed by atoms with Crippen LogP contribution in [-0.4, -0.2) is 15.9 Å². The Kier molecular flexibility index (Phi) is 6.22. The van der Waals surface area contributed by atoms with Gasteiger partial charge in [0.15, 0.2) is 0 Å². The maximum atomic E-state index is 12.5. The number of hydrogen-bond donors (Lipinski definition) is 0. The fraction of sp³-hybridized carbons (Fsp3) is 0.150. The summed E-state index contributed by atoms with van der Waals surface area (Å²) in [6.45, 7) is 1.59. The fourth-order valence-corrected chi connectivity index (χ4v) is 4.17. The SMILES string of the molecule is Cc1cc([O-])c(C2=Nc3ccccc3SC2Cc2ccccn2)c(=O)o1.[Na+]. The van der Waals surface area contributed by atoms with E-state index in [2.05, 4.69) is 9.98 Å². The second kappa shape index (κ2) is 8.44. The van der Waals surface area contributed by atoms with Crippen LogP contribution in [0.3, 0.4) is 0 Å². The number of hydrogen-bond acceptors (Lipinski definition) is 6. The molecule has 0 aliphatic carbocycles. The maximum absolute atomic E-state index is 12.5. The number of pyridine rings is 1. The van der Waals surface area contributed by atoms with E-state index < -0.39 is 5.63 Å². The molecule has 1 atom stereocenters. The van der Waals surface area contributed by atoms with E-state index in [1.165, 1.54) is 6.07 Å². The largest absolute Gasteiger partial charge is 1.00 e. The van der Waals surface area contributed by atoms with Gasteiger partial charge in [-0.1, -0.05) is 23.9 Å². The molecular formula is C20H15N2NaO3S. The average molecular weight is 386 g/mol. The number of para-hydroxylation sites is 1. The minimum absolute atomic E-state index is 0. The van der Waals surface area contributed by atoms with Crippen molar-refractivity contribution in [3.05, 3.63) is 82.2 Å². The third-order valence-corrected chi connectivity index (χ3v) is 5.37. The first-order chi connectivity index (χ1) is 12.6. The van der Waals surface area contributed by atoms with Crippen molar-refractivity contribution in [2.45, 2.75) is 23.5 Å². The molecule has 0 bridgehead atoms. The first kappa shape index (κ1) is 19.9. The van der Waals surface area contributed by atoms with Gasteiger partial charge in [0.05, 0.1) is 22.2 Å².